The van der Waals surface area contributed by atoms with E-state index in [0.29, 0.717) is 37.0 Å². The Kier molecular flexibility index (Phi) is 6.51. The van der Waals surface area contributed by atoms with E-state index in [1.165, 1.54) is 4.31 Å². The second kappa shape index (κ2) is 9.17. The molecule has 168 valence electrons. The molecule has 0 amide bonds. The van der Waals surface area contributed by atoms with Gasteiger partial charge in [0, 0.05) is 48.0 Å². The zero-order valence-corrected chi connectivity index (χ0v) is 20.1. The van der Waals surface area contributed by atoms with Crippen LogP contribution in [0.3, 0.4) is 0 Å². The molecule has 1 fully saturated rings. The molecule has 0 saturated carbocycles. The summed E-state index contributed by atoms with van der Waals surface area (Å²) in [6.07, 6.45) is 0.818. The van der Waals surface area contributed by atoms with Crippen molar-refractivity contribution in [2.24, 2.45) is 0 Å². The highest BCUT2D eigenvalue weighted by atomic mass is 35.5. The summed E-state index contributed by atoms with van der Waals surface area (Å²) in [5.41, 5.74) is 4.22. The lowest BCUT2D eigenvalue weighted by Crippen LogP contribution is -2.49. The first-order valence-corrected chi connectivity index (χ1v) is 12.6. The van der Waals surface area contributed by atoms with Crippen molar-refractivity contribution < 1.29 is 8.42 Å². The zero-order valence-electron chi connectivity index (χ0n) is 18.5. The number of benzene rings is 2. The van der Waals surface area contributed by atoms with E-state index in [1.807, 2.05) is 19.1 Å². The van der Waals surface area contributed by atoms with E-state index in [1.54, 1.807) is 24.3 Å². The van der Waals surface area contributed by atoms with E-state index in [9.17, 15) is 8.42 Å². The molecule has 0 bridgehead atoms. The molecule has 0 aliphatic carbocycles. The largest absolute Gasteiger partial charge is 0.354 e. The minimum absolute atomic E-state index is 0.268. The molecule has 1 aliphatic rings. The van der Waals surface area contributed by atoms with Crippen LogP contribution in [0.2, 0.25) is 5.02 Å². The van der Waals surface area contributed by atoms with Crippen LogP contribution in [-0.2, 0) is 16.4 Å². The first-order valence-electron chi connectivity index (χ1n) is 10.7. The molecule has 0 radical (unpaired) electrons. The van der Waals surface area contributed by atoms with Gasteiger partial charge in [0.2, 0.25) is 10.0 Å². The van der Waals surface area contributed by atoms with E-state index in [-0.39, 0.29) is 4.90 Å². The van der Waals surface area contributed by atoms with Crippen LogP contribution in [-0.4, -0.2) is 48.9 Å². The Bertz CT molecular complexity index is 1220. The molecule has 8 heteroatoms. The number of anilines is 1. The summed E-state index contributed by atoms with van der Waals surface area (Å²) in [6, 6.07) is 14.5. The maximum absolute atomic E-state index is 13.0. The smallest absolute Gasteiger partial charge is 0.243 e. The lowest BCUT2D eigenvalue weighted by atomic mass is 10.1. The molecule has 6 nitrogen and oxygen atoms in total. The third-order valence-corrected chi connectivity index (χ3v) is 7.98. The van der Waals surface area contributed by atoms with Crippen LogP contribution in [0.5, 0.6) is 0 Å². The molecule has 0 unspecified atom stereocenters. The lowest BCUT2D eigenvalue weighted by Gasteiger charge is -2.35. The molecule has 3 aromatic rings. The van der Waals surface area contributed by atoms with Crippen molar-refractivity contribution in [3.05, 3.63) is 70.4 Å². The fraction of sp³-hybridized carbons (Fsp3) is 0.333. The second-order valence-corrected chi connectivity index (χ2v) is 10.4. The highest BCUT2D eigenvalue weighted by molar-refractivity contribution is 7.89. The quantitative estimate of drug-likeness (QED) is 0.549. The summed E-state index contributed by atoms with van der Waals surface area (Å²) in [4.78, 5) is 12.1. The van der Waals surface area contributed by atoms with E-state index in [4.69, 9.17) is 21.6 Å². The van der Waals surface area contributed by atoms with Crippen molar-refractivity contribution >= 4 is 27.4 Å². The van der Waals surface area contributed by atoms with Gasteiger partial charge in [-0.25, -0.2) is 18.4 Å². The third-order valence-electron chi connectivity index (χ3n) is 5.81. The summed E-state index contributed by atoms with van der Waals surface area (Å²) in [7, 11) is -3.55. The SMILES string of the molecule is CCc1c(C)nc(-c2cccc(C)c2)nc1N1CCN(S(=O)(=O)c2ccc(Cl)cc2)CC1. The van der Waals surface area contributed by atoms with Crippen molar-refractivity contribution in [3.63, 3.8) is 0 Å². The third kappa shape index (κ3) is 4.51. The Morgan fingerprint density at radius 3 is 2.28 bits per heavy atom. The van der Waals surface area contributed by atoms with E-state index < -0.39 is 10.0 Å². The number of halogens is 1. The Balaban J connectivity index is 1.59. The van der Waals surface area contributed by atoms with Crippen molar-refractivity contribution in [3.8, 4) is 11.4 Å². The highest BCUT2D eigenvalue weighted by Crippen LogP contribution is 2.28. The average Bonchev–Trinajstić information content (AvgIpc) is 2.79. The van der Waals surface area contributed by atoms with Crippen LogP contribution in [0.15, 0.2) is 53.4 Å². The van der Waals surface area contributed by atoms with Gasteiger partial charge in [0.1, 0.15) is 5.82 Å². The van der Waals surface area contributed by atoms with Gasteiger partial charge in [-0.1, -0.05) is 42.3 Å². The van der Waals surface area contributed by atoms with Gasteiger partial charge >= 0.3 is 0 Å². The summed E-state index contributed by atoms with van der Waals surface area (Å²) in [5, 5.41) is 0.518. The molecule has 2 aromatic carbocycles. The number of sulfonamides is 1. The molecule has 0 atom stereocenters. The molecule has 1 saturated heterocycles. The minimum Gasteiger partial charge on any atom is -0.354 e. The Morgan fingerprint density at radius 1 is 0.969 bits per heavy atom. The zero-order chi connectivity index (χ0) is 22.9. The van der Waals surface area contributed by atoms with Crippen LogP contribution in [0, 0.1) is 13.8 Å². The Labute approximate surface area is 194 Å². The maximum atomic E-state index is 13.0. The van der Waals surface area contributed by atoms with E-state index >= 15 is 0 Å². The van der Waals surface area contributed by atoms with Crippen LogP contribution >= 0.6 is 11.6 Å². The predicted molar refractivity (Wildman–Crippen MR) is 129 cm³/mol. The fourth-order valence-corrected chi connectivity index (χ4v) is 5.61. The van der Waals surface area contributed by atoms with Gasteiger partial charge in [-0.05, 0) is 50.6 Å². The first kappa shape index (κ1) is 22.7. The monoisotopic (exact) mass is 470 g/mol. The molecule has 32 heavy (non-hydrogen) atoms. The van der Waals surface area contributed by atoms with Gasteiger partial charge in [-0.3, -0.25) is 0 Å². The fourth-order valence-electron chi connectivity index (χ4n) is 4.07. The number of hydrogen-bond donors (Lipinski definition) is 0. The minimum atomic E-state index is -3.55. The van der Waals surface area contributed by atoms with Gasteiger partial charge in [0.25, 0.3) is 0 Å². The molecular weight excluding hydrogens is 444 g/mol. The van der Waals surface area contributed by atoms with Gasteiger partial charge < -0.3 is 4.90 Å². The number of hydrogen-bond acceptors (Lipinski definition) is 5. The summed E-state index contributed by atoms with van der Waals surface area (Å²) in [6.45, 7) is 8.12. The Morgan fingerprint density at radius 2 is 1.66 bits per heavy atom. The molecule has 2 heterocycles. The average molecular weight is 471 g/mol. The second-order valence-electron chi connectivity index (χ2n) is 8.00. The molecule has 1 aromatic heterocycles. The van der Waals surface area contributed by atoms with Crippen molar-refractivity contribution in [2.45, 2.75) is 32.1 Å². The number of rotatable bonds is 5. The van der Waals surface area contributed by atoms with Gasteiger partial charge in [0.05, 0.1) is 4.90 Å². The van der Waals surface area contributed by atoms with E-state index in [0.717, 1.165) is 34.6 Å². The van der Waals surface area contributed by atoms with Crippen LogP contribution in [0.1, 0.15) is 23.7 Å². The number of nitrogens with zero attached hydrogens (tertiary/aromatic N) is 4. The normalized spacial score (nSPS) is 15.2. The van der Waals surface area contributed by atoms with Gasteiger partial charge in [-0.15, -0.1) is 0 Å². The highest BCUT2D eigenvalue weighted by Gasteiger charge is 2.30. The van der Waals surface area contributed by atoms with Crippen molar-refractivity contribution in [2.75, 3.05) is 31.1 Å². The number of aromatic nitrogens is 2. The number of piperazine rings is 1. The summed E-state index contributed by atoms with van der Waals surface area (Å²) >= 11 is 5.91. The van der Waals surface area contributed by atoms with Gasteiger partial charge in [-0.2, -0.15) is 4.31 Å². The molecular formula is C24H27ClN4O2S. The molecule has 0 spiro atoms. The maximum Gasteiger partial charge on any atom is 0.243 e. The topological polar surface area (TPSA) is 66.4 Å². The van der Waals surface area contributed by atoms with E-state index in [2.05, 4.69) is 30.9 Å². The predicted octanol–water partition coefficient (Wildman–Crippen LogP) is 4.49. The first-order chi connectivity index (χ1) is 15.3. The van der Waals surface area contributed by atoms with Crippen LogP contribution in [0.25, 0.3) is 11.4 Å². The van der Waals surface area contributed by atoms with Gasteiger partial charge in [0.15, 0.2) is 5.82 Å². The molecule has 0 N–H and O–H groups in total. The molecule has 1 aliphatic heterocycles. The van der Waals surface area contributed by atoms with Crippen LogP contribution in [0.4, 0.5) is 5.82 Å². The van der Waals surface area contributed by atoms with Crippen molar-refractivity contribution in [1.29, 1.82) is 0 Å². The number of aryl methyl sites for hydroxylation is 2. The lowest BCUT2D eigenvalue weighted by molar-refractivity contribution is 0.383. The summed E-state index contributed by atoms with van der Waals surface area (Å²) in [5.74, 6) is 1.61. The Hall–Kier alpha value is -2.48. The molecule has 4 rings (SSSR count). The standard InChI is InChI=1S/C24H27ClN4O2S/c1-4-22-18(3)26-23(19-7-5-6-17(2)16-19)27-24(22)28-12-14-29(15-13-28)32(30,31)21-10-8-20(25)9-11-21/h5-11,16H,4,12-15H2,1-3H3. The van der Waals surface area contributed by atoms with Crippen molar-refractivity contribution in [1.82, 2.24) is 14.3 Å². The summed E-state index contributed by atoms with van der Waals surface area (Å²) < 4.78 is 27.6. The van der Waals surface area contributed by atoms with Crippen LogP contribution < -0.4 is 4.90 Å².